The summed E-state index contributed by atoms with van der Waals surface area (Å²) >= 11 is 3.27. The number of rotatable bonds is 2. The summed E-state index contributed by atoms with van der Waals surface area (Å²) in [7, 11) is 0. The number of benzene rings is 1. The van der Waals surface area contributed by atoms with E-state index in [4.69, 9.17) is 0 Å². The Morgan fingerprint density at radius 3 is 2.78 bits per heavy atom. The molecule has 0 radical (unpaired) electrons. The molecule has 1 aromatic carbocycles. The van der Waals surface area contributed by atoms with Gasteiger partial charge in [-0.15, -0.1) is 0 Å². The highest BCUT2D eigenvalue weighted by molar-refractivity contribution is 9.10. The molecule has 0 aliphatic carbocycles. The van der Waals surface area contributed by atoms with Crippen LogP contribution in [0.25, 0.3) is 0 Å². The number of hydrogen-bond donors (Lipinski definition) is 2. The summed E-state index contributed by atoms with van der Waals surface area (Å²) in [6.45, 7) is 0.324. The van der Waals surface area contributed by atoms with Crippen molar-refractivity contribution in [3.8, 4) is 11.8 Å². The Morgan fingerprint density at radius 2 is 2.11 bits per heavy atom. The van der Waals surface area contributed by atoms with Crippen LogP contribution in [0.4, 0.5) is 0 Å². The molecule has 0 aliphatic rings. The van der Waals surface area contributed by atoms with Crippen LogP contribution in [0.5, 0.6) is 0 Å². The number of hydrogen-bond acceptors (Lipinski definition) is 1. The first kappa shape index (κ1) is 12.5. The zero-order valence-electron chi connectivity index (χ0n) is 9.53. The summed E-state index contributed by atoms with van der Waals surface area (Å²) in [6, 6.07) is 11.4. The lowest BCUT2D eigenvalue weighted by Crippen LogP contribution is -2.23. The summed E-state index contributed by atoms with van der Waals surface area (Å²) in [5.74, 6) is 5.71. The highest BCUT2D eigenvalue weighted by Crippen LogP contribution is 2.09. The van der Waals surface area contributed by atoms with Gasteiger partial charge in [0.25, 0.3) is 5.91 Å². The van der Waals surface area contributed by atoms with Gasteiger partial charge in [0, 0.05) is 16.2 Å². The molecule has 1 amide bonds. The van der Waals surface area contributed by atoms with E-state index in [1.807, 2.05) is 30.3 Å². The first-order chi connectivity index (χ1) is 8.75. The minimum Gasteiger partial charge on any atom is -0.356 e. The van der Waals surface area contributed by atoms with E-state index < -0.39 is 0 Å². The highest BCUT2D eigenvalue weighted by atomic mass is 79.9. The van der Waals surface area contributed by atoms with Crippen LogP contribution in [0.2, 0.25) is 0 Å². The molecule has 2 rings (SSSR count). The maximum absolute atomic E-state index is 11.6. The lowest BCUT2D eigenvalue weighted by atomic mass is 10.2. The number of nitrogens with one attached hydrogen (secondary N) is 2. The Hall–Kier alpha value is -1.99. The standard InChI is InChI=1S/C14H11BrN2O/c15-12-9-13(17-10-12)14(18)16-8-4-7-11-5-2-1-3-6-11/h1-3,5-6,9-10,17H,8H2,(H,16,18). The molecule has 0 unspecified atom stereocenters. The fourth-order valence-corrected chi connectivity index (χ4v) is 1.73. The van der Waals surface area contributed by atoms with Crippen LogP contribution < -0.4 is 5.32 Å². The third-order valence-corrected chi connectivity index (χ3v) is 2.69. The van der Waals surface area contributed by atoms with Gasteiger partial charge in [-0.05, 0) is 34.1 Å². The smallest absolute Gasteiger partial charge is 0.268 e. The zero-order chi connectivity index (χ0) is 12.8. The van der Waals surface area contributed by atoms with Crippen LogP contribution in [-0.4, -0.2) is 17.4 Å². The lowest BCUT2D eigenvalue weighted by Gasteiger charge is -1.97. The molecule has 0 fully saturated rings. The molecule has 1 heterocycles. The number of amides is 1. The number of carbonyl (C=O) groups is 1. The maximum atomic E-state index is 11.6. The number of carbonyl (C=O) groups excluding carboxylic acids is 1. The van der Waals surface area contributed by atoms with Gasteiger partial charge in [0.1, 0.15) is 5.69 Å². The number of H-pyrrole nitrogens is 1. The van der Waals surface area contributed by atoms with Gasteiger partial charge in [-0.2, -0.15) is 0 Å². The molecule has 0 atom stereocenters. The van der Waals surface area contributed by atoms with E-state index in [1.165, 1.54) is 0 Å². The van der Waals surface area contributed by atoms with Gasteiger partial charge in [0.2, 0.25) is 0 Å². The third-order valence-electron chi connectivity index (χ3n) is 2.24. The molecule has 0 bridgehead atoms. The van der Waals surface area contributed by atoms with Gasteiger partial charge in [0.15, 0.2) is 0 Å². The van der Waals surface area contributed by atoms with Crippen molar-refractivity contribution in [3.63, 3.8) is 0 Å². The number of aromatic amines is 1. The van der Waals surface area contributed by atoms with Crippen molar-refractivity contribution in [3.05, 3.63) is 58.3 Å². The molecule has 2 aromatic rings. The molecule has 2 N–H and O–H groups in total. The molecule has 90 valence electrons. The maximum Gasteiger partial charge on any atom is 0.268 e. The Labute approximate surface area is 114 Å². The van der Waals surface area contributed by atoms with E-state index >= 15 is 0 Å². The van der Waals surface area contributed by atoms with Gasteiger partial charge < -0.3 is 10.3 Å². The lowest BCUT2D eigenvalue weighted by molar-refractivity contribution is 0.0954. The van der Waals surface area contributed by atoms with Crippen LogP contribution in [0, 0.1) is 11.8 Å². The van der Waals surface area contributed by atoms with Crippen LogP contribution >= 0.6 is 15.9 Å². The summed E-state index contributed by atoms with van der Waals surface area (Å²) < 4.78 is 0.850. The fraction of sp³-hybridized carbons (Fsp3) is 0.0714. The largest absolute Gasteiger partial charge is 0.356 e. The van der Waals surface area contributed by atoms with E-state index in [2.05, 4.69) is 38.1 Å². The fourth-order valence-electron chi connectivity index (χ4n) is 1.39. The molecule has 0 spiro atoms. The molecule has 1 aromatic heterocycles. The predicted octanol–water partition coefficient (Wildman–Crippen LogP) is 2.56. The van der Waals surface area contributed by atoms with E-state index in [0.29, 0.717) is 12.2 Å². The summed E-state index contributed by atoms with van der Waals surface area (Å²) in [5.41, 5.74) is 1.46. The van der Waals surface area contributed by atoms with Gasteiger partial charge in [0.05, 0.1) is 6.54 Å². The average molecular weight is 303 g/mol. The van der Waals surface area contributed by atoms with Crippen molar-refractivity contribution < 1.29 is 4.79 Å². The molecule has 4 heteroatoms. The Balaban J connectivity index is 1.86. The first-order valence-corrected chi connectivity index (χ1v) is 6.21. The third kappa shape index (κ3) is 3.51. The summed E-state index contributed by atoms with van der Waals surface area (Å²) in [6.07, 6.45) is 1.71. The Kier molecular flexibility index (Phi) is 4.21. The van der Waals surface area contributed by atoms with E-state index in [0.717, 1.165) is 10.0 Å². The minimum atomic E-state index is -0.164. The van der Waals surface area contributed by atoms with Crippen LogP contribution in [-0.2, 0) is 0 Å². The predicted molar refractivity (Wildman–Crippen MR) is 74.1 cm³/mol. The first-order valence-electron chi connectivity index (χ1n) is 5.42. The quantitative estimate of drug-likeness (QED) is 0.823. The molecule has 18 heavy (non-hydrogen) atoms. The molecule has 0 aliphatic heterocycles. The molecular weight excluding hydrogens is 292 g/mol. The van der Waals surface area contributed by atoms with Crippen molar-refractivity contribution in [2.75, 3.05) is 6.54 Å². The van der Waals surface area contributed by atoms with Gasteiger partial charge in [-0.1, -0.05) is 30.0 Å². The second kappa shape index (κ2) is 6.08. The molecule has 0 saturated heterocycles. The Morgan fingerprint density at radius 1 is 1.33 bits per heavy atom. The summed E-state index contributed by atoms with van der Waals surface area (Å²) in [5, 5.41) is 2.72. The molecule has 0 saturated carbocycles. The van der Waals surface area contributed by atoms with Crippen LogP contribution in [0.15, 0.2) is 47.1 Å². The number of halogens is 1. The van der Waals surface area contributed by atoms with E-state index in [9.17, 15) is 4.79 Å². The zero-order valence-corrected chi connectivity index (χ0v) is 11.1. The topological polar surface area (TPSA) is 44.9 Å². The minimum absolute atomic E-state index is 0.164. The van der Waals surface area contributed by atoms with Crippen molar-refractivity contribution in [1.29, 1.82) is 0 Å². The molecular formula is C14H11BrN2O. The normalized spacial score (nSPS) is 9.39. The van der Waals surface area contributed by atoms with Crippen molar-refractivity contribution in [2.24, 2.45) is 0 Å². The van der Waals surface area contributed by atoms with Crippen molar-refractivity contribution in [2.45, 2.75) is 0 Å². The van der Waals surface area contributed by atoms with Gasteiger partial charge in [-0.3, -0.25) is 4.79 Å². The molecule has 3 nitrogen and oxygen atoms in total. The van der Waals surface area contributed by atoms with E-state index in [-0.39, 0.29) is 5.91 Å². The average Bonchev–Trinajstić information content (AvgIpc) is 2.82. The van der Waals surface area contributed by atoms with Crippen LogP contribution in [0.1, 0.15) is 16.1 Å². The summed E-state index contributed by atoms with van der Waals surface area (Å²) in [4.78, 5) is 14.5. The Bertz CT molecular complexity index is 593. The van der Waals surface area contributed by atoms with Crippen molar-refractivity contribution >= 4 is 21.8 Å². The monoisotopic (exact) mass is 302 g/mol. The second-order valence-corrected chi connectivity index (χ2v) is 4.50. The SMILES string of the molecule is O=C(NCC#Cc1ccccc1)c1cc(Br)c[nH]1. The second-order valence-electron chi connectivity index (χ2n) is 3.58. The number of aromatic nitrogens is 1. The van der Waals surface area contributed by atoms with Crippen molar-refractivity contribution in [1.82, 2.24) is 10.3 Å². The van der Waals surface area contributed by atoms with Gasteiger partial charge >= 0.3 is 0 Å². The van der Waals surface area contributed by atoms with E-state index in [1.54, 1.807) is 12.3 Å². The highest BCUT2D eigenvalue weighted by Gasteiger charge is 2.05. The van der Waals surface area contributed by atoms with Crippen LogP contribution in [0.3, 0.4) is 0 Å². The van der Waals surface area contributed by atoms with Gasteiger partial charge in [-0.25, -0.2) is 0 Å².